The Bertz CT molecular complexity index is 1050. The molecule has 0 heterocycles. The van der Waals surface area contributed by atoms with Crippen molar-refractivity contribution in [2.45, 2.75) is 0 Å². The average molecular weight is 487 g/mol. The molecule has 2 N–H and O–H groups in total. The van der Waals surface area contributed by atoms with Gasteiger partial charge >= 0.3 is 11.9 Å². The van der Waals surface area contributed by atoms with E-state index in [9.17, 15) is 26.4 Å². The molecule has 0 amide bonds. The van der Waals surface area contributed by atoms with E-state index < -0.39 is 31.6 Å². The third-order valence-corrected chi connectivity index (χ3v) is 5.05. The zero-order chi connectivity index (χ0) is 24.4. The summed E-state index contributed by atoms with van der Waals surface area (Å²) < 4.78 is 53.1. The Labute approximate surface area is 187 Å². The molecule has 176 valence electrons. The van der Waals surface area contributed by atoms with Crippen molar-refractivity contribution in [2.24, 2.45) is 0 Å². The summed E-state index contributed by atoms with van der Waals surface area (Å²) in [5.74, 6) is -1.45. The van der Waals surface area contributed by atoms with Gasteiger partial charge in [0.2, 0.25) is 0 Å². The largest absolute Gasteiger partial charge is 0.465 e. The van der Waals surface area contributed by atoms with Crippen molar-refractivity contribution in [3.05, 3.63) is 59.7 Å². The molecule has 2 rings (SSSR count). The number of rotatable bonds is 8. The van der Waals surface area contributed by atoms with Gasteiger partial charge in [0.1, 0.15) is 11.8 Å². The number of methoxy groups -OCH3 is 2. The molecular weight excluding hydrogens is 460 g/mol. The summed E-state index contributed by atoms with van der Waals surface area (Å²) in [5.41, 5.74) is 1.52. The molecule has 32 heavy (non-hydrogen) atoms. The lowest BCUT2D eigenvalue weighted by Gasteiger charge is -2.09. The molecule has 0 aliphatic heterocycles. The van der Waals surface area contributed by atoms with Crippen molar-refractivity contribution in [1.29, 1.82) is 0 Å². The predicted octanol–water partition coefficient (Wildman–Crippen LogP) is 1.77. The van der Waals surface area contributed by atoms with Gasteiger partial charge in [-0.15, -0.1) is 0 Å². The first-order chi connectivity index (χ1) is 14.9. The summed E-state index contributed by atoms with van der Waals surface area (Å²) in [7, 11) is -3.72. The van der Waals surface area contributed by atoms with Crippen molar-refractivity contribution < 1.29 is 35.9 Å². The lowest BCUT2D eigenvalue weighted by molar-refractivity contribution is 0.0593. The first-order valence-electron chi connectivity index (χ1n) is 9.06. The Morgan fingerprint density at radius 2 is 1.00 bits per heavy atom. The summed E-state index contributed by atoms with van der Waals surface area (Å²) in [6.45, 7) is 0. The minimum absolute atomic E-state index is 0.221. The zero-order valence-electron chi connectivity index (χ0n) is 18.1. The number of carbonyl (C=O) groups excluding carboxylic acids is 2. The van der Waals surface area contributed by atoms with Crippen molar-refractivity contribution in [3.8, 4) is 0 Å². The second-order valence-corrected chi connectivity index (χ2v) is 10.8. The normalized spacial score (nSPS) is 10.9. The molecule has 0 aliphatic carbocycles. The minimum Gasteiger partial charge on any atom is -0.465 e. The SMILES string of the molecule is COC(=O)c1ccccc1NCS(C)(=O)=O.COC(=O)c1ccccc1NCS(C)(=O)=O. The molecular formula is C20H26N2O8S2. The van der Waals surface area contributed by atoms with Crippen molar-refractivity contribution in [2.75, 3.05) is 49.1 Å². The Balaban J connectivity index is 0.000000320. The number of carbonyl (C=O) groups is 2. The first-order valence-corrected chi connectivity index (χ1v) is 13.2. The third kappa shape index (κ3) is 9.79. The van der Waals surface area contributed by atoms with Gasteiger partial charge in [0.25, 0.3) is 0 Å². The van der Waals surface area contributed by atoms with Crippen LogP contribution in [0, 0.1) is 0 Å². The zero-order valence-corrected chi connectivity index (χ0v) is 19.7. The summed E-state index contributed by atoms with van der Waals surface area (Å²) >= 11 is 0. The number of benzene rings is 2. The molecule has 0 aromatic heterocycles. The van der Waals surface area contributed by atoms with Crippen LogP contribution in [0.2, 0.25) is 0 Å². The van der Waals surface area contributed by atoms with Crippen LogP contribution in [0.1, 0.15) is 20.7 Å². The van der Waals surface area contributed by atoms with Gasteiger partial charge in [0.15, 0.2) is 19.7 Å². The summed E-state index contributed by atoms with van der Waals surface area (Å²) in [5, 5.41) is 5.36. The molecule has 0 spiro atoms. The fourth-order valence-electron chi connectivity index (χ4n) is 2.27. The van der Waals surface area contributed by atoms with Gasteiger partial charge < -0.3 is 20.1 Å². The van der Waals surface area contributed by atoms with E-state index >= 15 is 0 Å². The highest BCUT2D eigenvalue weighted by molar-refractivity contribution is 7.91. The number of nitrogens with one attached hydrogen (secondary N) is 2. The van der Waals surface area contributed by atoms with E-state index in [-0.39, 0.29) is 11.8 Å². The molecule has 0 unspecified atom stereocenters. The molecule has 2 aromatic carbocycles. The fourth-order valence-corrected chi connectivity index (χ4v) is 3.10. The Morgan fingerprint density at radius 3 is 1.28 bits per heavy atom. The number of ether oxygens (including phenoxy) is 2. The molecule has 0 aliphatic rings. The highest BCUT2D eigenvalue weighted by Crippen LogP contribution is 2.16. The highest BCUT2D eigenvalue weighted by Gasteiger charge is 2.13. The number of hydrogen-bond donors (Lipinski definition) is 2. The van der Waals surface area contributed by atoms with Gasteiger partial charge in [-0.25, -0.2) is 26.4 Å². The quantitative estimate of drug-likeness (QED) is 0.530. The van der Waals surface area contributed by atoms with E-state index in [1.54, 1.807) is 48.5 Å². The summed E-state index contributed by atoms with van der Waals surface area (Å²) in [6.07, 6.45) is 2.22. The molecule has 2 aromatic rings. The molecule has 10 nitrogen and oxygen atoms in total. The lowest BCUT2D eigenvalue weighted by Crippen LogP contribution is -2.15. The predicted molar refractivity (Wildman–Crippen MR) is 122 cm³/mol. The topological polar surface area (TPSA) is 145 Å². The summed E-state index contributed by atoms with van der Waals surface area (Å²) in [6, 6.07) is 13.1. The molecule has 0 saturated heterocycles. The van der Waals surface area contributed by atoms with E-state index in [1.807, 2.05) is 0 Å². The maximum Gasteiger partial charge on any atom is 0.339 e. The fraction of sp³-hybridized carbons (Fsp3) is 0.300. The summed E-state index contributed by atoms with van der Waals surface area (Å²) in [4.78, 5) is 22.7. The maximum atomic E-state index is 11.3. The monoisotopic (exact) mass is 486 g/mol. The molecule has 0 saturated carbocycles. The first kappa shape index (κ1) is 26.9. The Kier molecular flexibility index (Phi) is 10.1. The van der Waals surface area contributed by atoms with Crippen LogP contribution in [0.15, 0.2) is 48.5 Å². The van der Waals surface area contributed by atoms with Gasteiger partial charge in [-0.1, -0.05) is 24.3 Å². The van der Waals surface area contributed by atoms with Crippen LogP contribution in [0.5, 0.6) is 0 Å². The molecule has 0 radical (unpaired) electrons. The van der Waals surface area contributed by atoms with Crippen molar-refractivity contribution >= 4 is 43.0 Å². The number of sulfone groups is 2. The highest BCUT2D eigenvalue weighted by atomic mass is 32.2. The van der Waals surface area contributed by atoms with Gasteiger partial charge in [-0.3, -0.25) is 0 Å². The van der Waals surface area contributed by atoms with Crippen molar-refractivity contribution in [3.63, 3.8) is 0 Å². The van der Waals surface area contributed by atoms with Crippen LogP contribution in [0.3, 0.4) is 0 Å². The standard InChI is InChI=1S/2C10H13NO4S/c2*1-15-10(12)8-5-3-4-6-9(8)11-7-16(2,13)14/h2*3-6,11H,7H2,1-2H3. The van der Waals surface area contributed by atoms with Crippen LogP contribution in [-0.2, 0) is 29.1 Å². The average Bonchev–Trinajstić information content (AvgIpc) is 2.75. The number of esters is 2. The minimum atomic E-state index is -3.13. The lowest BCUT2D eigenvalue weighted by atomic mass is 10.2. The number of anilines is 2. The van der Waals surface area contributed by atoms with Crippen LogP contribution in [-0.4, -0.2) is 67.3 Å². The van der Waals surface area contributed by atoms with Gasteiger partial charge in [-0.2, -0.15) is 0 Å². The van der Waals surface area contributed by atoms with E-state index in [0.717, 1.165) is 12.5 Å². The van der Waals surface area contributed by atoms with E-state index in [0.29, 0.717) is 22.5 Å². The van der Waals surface area contributed by atoms with Crippen LogP contribution in [0.25, 0.3) is 0 Å². The molecule has 0 fully saturated rings. The van der Waals surface area contributed by atoms with Crippen LogP contribution in [0.4, 0.5) is 11.4 Å². The van der Waals surface area contributed by atoms with Gasteiger partial charge in [0.05, 0.1) is 25.3 Å². The van der Waals surface area contributed by atoms with E-state index in [1.165, 1.54) is 14.2 Å². The van der Waals surface area contributed by atoms with Crippen LogP contribution >= 0.6 is 0 Å². The van der Waals surface area contributed by atoms with Crippen molar-refractivity contribution in [1.82, 2.24) is 0 Å². The molecule has 0 bridgehead atoms. The molecule has 12 heteroatoms. The number of hydrogen-bond acceptors (Lipinski definition) is 10. The molecule has 0 atom stereocenters. The maximum absolute atomic E-state index is 11.3. The van der Waals surface area contributed by atoms with Gasteiger partial charge in [-0.05, 0) is 24.3 Å². The third-order valence-electron chi connectivity index (χ3n) is 3.71. The smallest absolute Gasteiger partial charge is 0.339 e. The van der Waals surface area contributed by atoms with Crippen LogP contribution < -0.4 is 10.6 Å². The number of para-hydroxylation sites is 2. The Hall–Kier alpha value is -3.12. The van der Waals surface area contributed by atoms with Gasteiger partial charge in [0, 0.05) is 23.9 Å². The second-order valence-electron chi connectivity index (χ2n) is 6.57. The van der Waals surface area contributed by atoms with E-state index in [4.69, 9.17) is 0 Å². The second kappa shape index (κ2) is 12.1. The van der Waals surface area contributed by atoms with E-state index in [2.05, 4.69) is 20.1 Å². The Morgan fingerprint density at radius 1 is 0.688 bits per heavy atom.